The van der Waals surface area contributed by atoms with E-state index < -0.39 is 0 Å². The minimum absolute atomic E-state index is 0.145. The standard InChI is InChI=1S/C29H37ClN4O4/c1-29(2,3)10-14-33-28(35)34-23-6-5-20(15-22(23)30)38-25-9-13-32-24-17-27(26(36-4)16-21(24)25)37-18-19-7-11-31-12-8-19/h5-6,9,13,15-17,19,31H,7-8,10-12,14,18H2,1-4H3,(H2,33,34,35). The van der Waals surface area contributed by atoms with Crippen molar-refractivity contribution in [3.8, 4) is 23.0 Å². The van der Waals surface area contributed by atoms with Crippen molar-refractivity contribution >= 4 is 34.2 Å². The molecule has 2 amide bonds. The maximum atomic E-state index is 12.3. The number of nitrogens with zero attached hydrogens (tertiary/aromatic N) is 1. The van der Waals surface area contributed by atoms with Gasteiger partial charge in [-0.1, -0.05) is 32.4 Å². The quantitative estimate of drug-likeness (QED) is 0.282. The van der Waals surface area contributed by atoms with Gasteiger partial charge in [-0.2, -0.15) is 0 Å². The zero-order chi connectivity index (χ0) is 27.1. The Labute approximate surface area is 229 Å². The molecule has 1 fully saturated rings. The fourth-order valence-corrected chi connectivity index (χ4v) is 4.47. The summed E-state index contributed by atoms with van der Waals surface area (Å²) < 4.78 is 17.9. The Morgan fingerprint density at radius 1 is 1.11 bits per heavy atom. The molecule has 3 aromatic rings. The Kier molecular flexibility index (Phi) is 9.17. The van der Waals surface area contributed by atoms with Gasteiger partial charge in [0, 0.05) is 30.3 Å². The largest absolute Gasteiger partial charge is 0.493 e. The van der Waals surface area contributed by atoms with Gasteiger partial charge in [0.05, 0.1) is 29.9 Å². The number of hydrogen-bond acceptors (Lipinski definition) is 6. The molecule has 0 saturated carbocycles. The van der Waals surface area contributed by atoms with Crippen LogP contribution in [0.15, 0.2) is 42.6 Å². The first-order valence-corrected chi connectivity index (χ1v) is 13.4. The second kappa shape index (κ2) is 12.5. The summed E-state index contributed by atoms with van der Waals surface area (Å²) in [5, 5.41) is 10.2. The SMILES string of the molecule is COc1cc2c(Oc3ccc(NC(=O)NCCC(C)(C)C)c(Cl)c3)ccnc2cc1OCC1CCNCC1. The first kappa shape index (κ1) is 27.8. The van der Waals surface area contributed by atoms with E-state index in [2.05, 4.69) is 41.7 Å². The van der Waals surface area contributed by atoms with Crippen LogP contribution in [0.5, 0.6) is 23.0 Å². The van der Waals surface area contributed by atoms with Crippen LogP contribution in [0.25, 0.3) is 10.9 Å². The van der Waals surface area contributed by atoms with Crippen molar-refractivity contribution in [1.29, 1.82) is 0 Å². The summed E-state index contributed by atoms with van der Waals surface area (Å²) in [5.74, 6) is 2.96. The van der Waals surface area contributed by atoms with Crippen molar-refractivity contribution in [2.75, 3.05) is 38.7 Å². The molecule has 0 atom stereocenters. The van der Waals surface area contributed by atoms with Gasteiger partial charge in [0.1, 0.15) is 11.5 Å². The highest BCUT2D eigenvalue weighted by Gasteiger charge is 2.17. The molecule has 1 aromatic heterocycles. The second-order valence-corrected chi connectivity index (χ2v) is 11.2. The van der Waals surface area contributed by atoms with E-state index in [9.17, 15) is 4.79 Å². The molecule has 0 aliphatic carbocycles. The predicted molar refractivity (Wildman–Crippen MR) is 152 cm³/mol. The van der Waals surface area contributed by atoms with Gasteiger partial charge in [-0.3, -0.25) is 4.98 Å². The third-order valence-electron chi connectivity index (χ3n) is 6.50. The highest BCUT2D eigenvalue weighted by atomic mass is 35.5. The molecule has 8 nitrogen and oxygen atoms in total. The third-order valence-corrected chi connectivity index (χ3v) is 6.81. The number of urea groups is 1. The number of ether oxygens (including phenoxy) is 3. The van der Waals surface area contributed by atoms with Gasteiger partial charge in [-0.15, -0.1) is 0 Å². The fourth-order valence-electron chi connectivity index (χ4n) is 4.25. The van der Waals surface area contributed by atoms with Crippen LogP contribution in [0, 0.1) is 11.3 Å². The number of benzene rings is 2. The van der Waals surface area contributed by atoms with Gasteiger partial charge >= 0.3 is 6.03 Å². The number of rotatable bonds is 9. The molecule has 0 radical (unpaired) electrons. The number of pyridine rings is 1. The number of aromatic nitrogens is 1. The molecule has 0 bridgehead atoms. The molecule has 204 valence electrons. The topological polar surface area (TPSA) is 93.7 Å². The van der Waals surface area contributed by atoms with Gasteiger partial charge in [0.15, 0.2) is 11.5 Å². The van der Waals surface area contributed by atoms with E-state index >= 15 is 0 Å². The van der Waals surface area contributed by atoms with Gasteiger partial charge in [0.2, 0.25) is 0 Å². The summed E-state index contributed by atoms with van der Waals surface area (Å²) >= 11 is 6.46. The monoisotopic (exact) mass is 540 g/mol. The Hall–Kier alpha value is -3.23. The second-order valence-electron chi connectivity index (χ2n) is 10.8. The van der Waals surface area contributed by atoms with E-state index in [4.69, 9.17) is 25.8 Å². The van der Waals surface area contributed by atoms with Crippen LogP contribution in [0.2, 0.25) is 5.02 Å². The lowest BCUT2D eigenvalue weighted by Crippen LogP contribution is -2.31. The zero-order valence-corrected chi connectivity index (χ0v) is 23.3. The van der Waals surface area contributed by atoms with Crippen molar-refractivity contribution in [2.24, 2.45) is 11.3 Å². The van der Waals surface area contributed by atoms with Crippen LogP contribution in [-0.4, -0.2) is 44.4 Å². The van der Waals surface area contributed by atoms with Crippen LogP contribution in [-0.2, 0) is 0 Å². The predicted octanol–water partition coefficient (Wildman–Crippen LogP) is 6.63. The van der Waals surface area contributed by atoms with Crippen molar-refractivity contribution in [1.82, 2.24) is 15.6 Å². The molecule has 38 heavy (non-hydrogen) atoms. The summed E-state index contributed by atoms with van der Waals surface area (Å²) in [5.41, 5.74) is 1.39. The number of amides is 2. The van der Waals surface area contributed by atoms with E-state index in [1.165, 1.54) is 0 Å². The molecule has 1 saturated heterocycles. The lowest BCUT2D eigenvalue weighted by atomic mass is 9.92. The number of halogens is 1. The molecular weight excluding hydrogens is 504 g/mol. The number of carbonyl (C=O) groups excluding carboxylic acids is 1. The average molecular weight is 541 g/mol. The number of hydrogen-bond donors (Lipinski definition) is 3. The summed E-state index contributed by atoms with van der Waals surface area (Å²) in [4.78, 5) is 16.8. The van der Waals surface area contributed by atoms with E-state index in [0.29, 0.717) is 52.8 Å². The third kappa shape index (κ3) is 7.65. The summed E-state index contributed by atoms with van der Waals surface area (Å²) in [6.07, 6.45) is 4.77. The van der Waals surface area contributed by atoms with Crippen molar-refractivity contribution in [3.63, 3.8) is 0 Å². The fraction of sp³-hybridized carbons (Fsp3) is 0.448. The Morgan fingerprint density at radius 2 is 1.89 bits per heavy atom. The Morgan fingerprint density at radius 3 is 2.61 bits per heavy atom. The van der Waals surface area contributed by atoms with Crippen LogP contribution < -0.4 is 30.2 Å². The number of anilines is 1. The molecule has 0 unspecified atom stereocenters. The van der Waals surface area contributed by atoms with E-state index in [1.54, 1.807) is 37.6 Å². The summed E-state index contributed by atoms with van der Waals surface area (Å²) in [6.45, 7) is 9.67. The maximum Gasteiger partial charge on any atom is 0.319 e. The van der Waals surface area contributed by atoms with Crippen LogP contribution >= 0.6 is 11.6 Å². The molecule has 2 aromatic carbocycles. The minimum atomic E-state index is -0.296. The Balaban J connectivity index is 1.45. The van der Waals surface area contributed by atoms with Crippen molar-refractivity contribution in [3.05, 3.63) is 47.6 Å². The van der Waals surface area contributed by atoms with Gasteiger partial charge in [-0.05, 0) is 68.0 Å². The number of carbonyl (C=O) groups is 1. The van der Waals surface area contributed by atoms with Gasteiger partial charge in [-0.25, -0.2) is 4.79 Å². The molecular formula is C29H37ClN4O4. The molecule has 4 rings (SSSR count). The lowest BCUT2D eigenvalue weighted by Gasteiger charge is -2.23. The van der Waals surface area contributed by atoms with Crippen LogP contribution in [0.3, 0.4) is 0 Å². The molecule has 3 N–H and O–H groups in total. The first-order chi connectivity index (χ1) is 18.2. The number of fused-ring (bicyclic) bond motifs is 1. The van der Waals surface area contributed by atoms with Crippen molar-refractivity contribution < 1.29 is 19.0 Å². The first-order valence-electron chi connectivity index (χ1n) is 13.0. The van der Waals surface area contributed by atoms with E-state index in [1.807, 2.05) is 12.1 Å². The average Bonchev–Trinajstić information content (AvgIpc) is 2.88. The lowest BCUT2D eigenvalue weighted by molar-refractivity contribution is 0.208. The molecule has 0 spiro atoms. The maximum absolute atomic E-state index is 12.3. The molecule has 9 heteroatoms. The van der Waals surface area contributed by atoms with E-state index in [-0.39, 0.29) is 11.4 Å². The van der Waals surface area contributed by atoms with Crippen molar-refractivity contribution in [2.45, 2.75) is 40.0 Å². The highest BCUT2D eigenvalue weighted by Crippen LogP contribution is 2.38. The molecule has 1 aliphatic rings. The van der Waals surface area contributed by atoms with Gasteiger partial charge < -0.3 is 30.2 Å². The highest BCUT2D eigenvalue weighted by molar-refractivity contribution is 6.33. The van der Waals surface area contributed by atoms with Crippen LogP contribution in [0.4, 0.5) is 10.5 Å². The molecule has 2 heterocycles. The smallest absolute Gasteiger partial charge is 0.319 e. The Bertz CT molecular complexity index is 1260. The molecule has 1 aliphatic heterocycles. The normalized spacial score (nSPS) is 14.2. The van der Waals surface area contributed by atoms with Crippen LogP contribution in [0.1, 0.15) is 40.0 Å². The zero-order valence-electron chi connectivity index (χ0n) is 22.5. The van der Waals surface area contributed by atoms with Gasteiger partial charge in [0.25, 0.3) is 0 Å². The van der Waals surface area contributed by atoms with E-state index in [0.717, 1.165) is 43.3 Å². The summed E-state index contributed by atoms with van der Waals surface area (Å²) in [7, 11) is 1.63. The number of nitrogens with one attached hydrogen (secondary N) is 3. The summed E-state index contributed by atoms with van der Waals surface area (Å²) in [6, 6.07) is 10.4. The number of piperidine rings is 1. The minimum Gasteiger partial charge on any atom is -0.493 e. The number of methoxy groups -OCH3 is 1.